The maximum absolute atomic E-state index is 5.45. The molecule has 150 valence electrons. The maximum atomic E-state index is 5.45. The van der Waals surface area contributed by atoms with Crippen LogP contribution in [-0.2, 0) is 19.5 Å². The van der Waals surface area contributed by atoms with Crippen molar-refractivity contribution >= 4 is 11.8 Å². The number of rotatable bonds is 6. The molecule has 0 saturated heterocycles. The molecule has 0 amide bonds. The number of anilines is 2. The fraction of sp³-hybridized carbons (Fsp3) is 0.318. The normalized spacial score (nSPS) is 13.0. The van der Waals surface area contributed by atoms with Crippen LogP contribution >= 0.6 is 0 Å². The highest BCUT2D eigenvalue weighted by atomic mass is 16.5. The Hall–Kier alpha value is -3.35. The summed E-state index contributed by atoms with van der Waals surface area (Å²) in [5.74, 6) is 2.84. The van der Waals surface area contributed by atoms with E-state index in [-0.39, 0.29) is 0 Å². The van der Waals surface area contributed by atoms with E-state index in [0.717, 1.165) is 24.5 Å². The molecule has 0 bridgehead atoms. The van der Waals surface area contributed by atoms with Crippen LogP contribution in [0.1, 0.15) is 22.3 Å². The smallest absolute Gasteiger partial charge is 0.247 e. The summed E-state index contributed by atoms with van der Waals surface area (Å²) >= 11 is 0. The predicted octanol–water partition coefficient (Wildman–Crippen LogP) is 3.37. The summed E-state index contributed by atoms with van der Waals surface area (Å²) in [5, 5.41) is 11.7. The monoisotopic (exact) mass is 391 g/mol. The van der Waals surface area contributed by atoms with E-state index in [9.17, 15) is 0 Å². The molecule has 29 heavy (non-hydrogen) atoms. The molecule has 7 heteroatoms. The fourth-order valence-electron chi connectivity index (χ4n) is 3.47. The SMILES string of the molecule is COc1cc2c(cc1OC)CN(c1nncc(NCc3ccc(C)cc3)n1)CC2. The molecule has 0 spiro atoms. The molecule has 1 aliphatic heterocycles. The molecule has 2 aromatic carbocycles. The number of hydrogen-bond acceptors (Lipinski definition) is 7. The maximum Gasteiger partial charge on any atom is 0.247 e. The van der Waals surface area contributed by atoms with Gasteiger partial charge in [-0.05, 0) is 42.2 Å². The summed E-state index contributed by atoms with van der Waals surface area (Å²) in [4.78, 5) is 6.80. The summed E-state index contributed by atoms with van der Waals surface area (Å²) in [6.45, 7) is 4.31. The van der Waals surface area contributed by atoms with Crippen molar-refractivity contribution in [1.82, 2.24) is 15.2 Å². The van der Waals surface area contributed by atoms with E-state index in [2.05, 4.69) is 62.7 Å². The van der Waals surface area contributed by atoms with Crippen molar-refractivity contribution in [3.8, 4) is 11.5 Å². The van der Waals surface area contributed by atoms with Gasteiger partial charge in [-0.25, -0.2) is 0 Å². The van der Waals surface area contributed by atoms with Gasteiger partial charge in [-0.15, -0.1) is 5.10 Å². The van der Waals surface area contributed by atoms with Gasteiger partial charge in [0.2, 0.25) is 5.95 Å². The number of hydrogen-bond donors (Lipinski definition) is 1. The molecule has 0 fully saturated rings. The summed E-state index contributed by atoms with van der Waals surface area (Å²) < 4.78 is 10.9. The van der Waals surface area contributed by atoms with Crippen molar-refractivity contribution < 1.29 is 9.47 Å². The van der Waals surface area contributed by atoms with Crippen LogP contribution in [0, 0.1) is 6.92 Å². The number of nitrogens with zero attached hydrogens (tertiary/aromatic N) is 4. The zero-order valence-electron chi connectivity index (χ0n) is 17.0. The van der Waals surface area contributed by atoms with Crippen molar-refractivity contribution in [2.45, 2.75) is 26.4 Å². The van der Waals surface area contributed by atoms with Crippen LogP contribution in [0.3, 0.4) is 0 Å². The highest BCUT2D eigenvalue weighted by Crippen LogP contribution is 2.33. The third-order valence-corrected chi connectivity index (χ3v) is 5.14. The molecule has 2 heterocycles. The summed E-state index contributed by atoms with van der Waals surface area (Å²) in [6.07, 6.45) is 2.55. The van der Waals surface area contributed by atoms with Crippen LogP contribution in [0.5, 0.6) is 11.5 Å². The molecule has 0 saturated carbocycles. The molecule has 7 nitrogen and oxygen atoms in total. The molecule has 1 N–H and O–H groups in total. The number of nitrogens with one attached hydrogen (secondary N) is 1. The second-order valence-electron chi connectivity index (χ2n) is 7.13. The third-order valence-electron chi connectivity index (χ3n) is 5.14. The third kappa shape index (κ3) is 4.23. The number of benzene rings is 2. The van der Waals surface area contributed by atoms with E-state index < -0.39 is 0 Å². The Labute approximate surface area is 170 Å². The van der Waals surface area contributed by atoms with Crippen LogP contribution in [0.4, 0.5) is 11.8 Å². The second kappa shape index (κ2) is 8.34. The zero-order chi connectivity index (χ0) is 20.2. The van der Waals surface area contributed by atoms with Gasteiger partial charge in [0.05, 0.1) is 20.4 Å². The van der Waals surface area contributed by atoms with Crippen LogP contribution in [0.25, 0.3) is 0 Å². The minimum Gasteiger partial charge on any atom is -0.493 e. The van der Waals surface area contributed by atoms with Crippen LogP contribution < -0.4 is 19.7 Å². The molecule has 0 radical (unpaired) electrons. The van der Waals surface area contributed by atoms with Crippen LogP contribution in [-0.4, -0.2) is 35.9 Å². The zero-order valence-corrected chi connectivity index (χ0v) is 17.0. The average Bonchev–Trinajstić information content (AvgIpc) is 2.77. The molecule has 1 aliphatic rings. The number of aryl methyl sites for hydroxylation is 1. The molecule has 1 aromatic heterocycles. The number of ether oxygens (including phenoxy) is 2. The van der Waals surface area contributed by atoms with E-state index in [1.165, 1.54) is 22.3 Å². The lowest BCUT2D eigenvalue weighted by molar-refractivity contribution is 0.353. The quantitative estimate of drug-likeness (QED) is 0.691. The van der Waals surface area contributed by atoms with E-state index >= 15 is 0 Å². The Bertz CT molecular complexity index is 991. The van der Waals surface area contributed by atoms with Crippen molar-refractivity contribution in [2.24, 2.45) is 0 Å². The van der Waals surface area contributed by atoms with Crippen molar-refractivity contribution in [1.29, 1.82) is 0 Å². The Morgan fingerprint density at radius 2 is 1.76 bits per heavy atom. The second-order valence-corrected chi connectivity index (χ2v) is 7.13. The molecular formula is C22H25N5O2. The van der Waals surface area contributed by atoms with Gasteiger partial charge >= 0.3 is 0 Å². The Morgan fingerprint density at radius 3 is 2.48 bits per heavy atom. The minimum absolute atomic E-state index is 0.624. The largest absolute Gasteiger partial charge is 0.493 e. The van der Waals surface area contributed by atoms with Gasteiger partial charge in [-0.3, -0.25) is 0 Å². The Kier molecular flexibility index (Phi) is 5.46. The van der Waals surface area contributed by atoms with E-state index in [1.54, 1.807) is 20.4 Å². The topological polar surface area (TPSA) is 72.4 Å². The molecule has 0 atom stereocenters. The van der Waals surface area contributed by atoms with E-state index in [0.29, 0.717) is 24.9 Å². The van der Waals surface area contributed by atoms with Gasteiger partial charge in [-0.1, -0.05) is 29.8 Å². The highest BCUT2D eigenvalue weighted by Gasteiger charge is 2.21. The molecule has 0 aliphatic carbocycles. The summed E-state index contributed by atoms with van der Waals surface area (Å²) in [6, 6.07) is 12.5. The summed E-state index contributed by atoms with van der Waals surface area (Å²) in [5.41, 5.74) is 4.90. The fourth-order valence-corrected chi connectivity index (χ4v) is 3.47. The lowest BCUT2D eigenvalue weighted by Crippen LogP contribution is -2.32. The predicted molar refractivity (Wildman–Crippen MR) is 113 cm³/mol. The molecule has 0 unspecified atom stereocenters. The van der Waals surface area contributed by atoms with Gasteiger partial charge in [0.25, 0.3) is 0 Å². The molecule has 3 aromatic rings. The van der Waals surface area contributed by atoms with Crippen molar-refractivity contribution in [3.63, 3.8) is 0 Å². The lowest BCUT2D eigenvalue weighted by Gasteiger charge is -2.29. The molecule has 4 rings (SSSR count). The minimum atomic E-state index is 0.624. The number of methoxy groups -OCH3 is 2. The van der Waals surface area contributed by atoms with Gasteiger partial charge in [0.1, 0.15) is 0 Å². The number of aromatic nitrogens is 3. The van der Waals surface area contributed by atoms with Crippen LogP contribution in [0.2, 0.25) is 0 Å². The first-order valence-electron chi connectivity index (χ1n) is 9.64. The summed E-state index contributed by atoms with van der Waals surface area (Å²) in [7, 11) is 3.31. The van der Waals surface area contributed by atoms with Crippen LogP contribution in [0.15, 0.2) is 42.6 Å². The van der Waals surface area contributed by atoms with E-state index in [1.807, 2.05) is 6.07 Å². The average molecular weight is 391 g/mol. The Morgan fingerprint density at radius 1 is 1.03 bits per heavy atom. The lowest BCUT2D eigenvalue weighted by atomic mass is 9.99. The Balaban J connectivity index is 1.48. The van der Waals surface area contributed by atoms with E-state index in [4.69, 9.17) is 9.47 Å². The van der Waals surface area contributed by atoms with Crippen molar-refractivity contribution in [3.05, 3.63) is 64.8 Å². The van der Waals surface area contributed by atoms with Crippen molar-refractivity contribution in [2.75, 3.05) is 31.0 Å². The van der Waals surface area contributed by atoms with Gasteiger partial charge in [0.15, 0.2) is 17.3 Å². The highest BCUT2D eigenvalue weighted by molar-refractivity contribution is 5.51. The van der Waals surface area contributed by atoms with Gasteiger partial charge in [-0.2, -0.15) is 10.1 Å². The first-order valence-corrected chi connectivity index (χ1v) is 9.64. The standard InChI is InChI=1S/C22H25N5O2/c1-15-4-6-16(7-5-15)12-23-21-13-24-26-22(25-21)27-9-8-17-10-19(28-2)20(29-3)11-18(17)14-27/h4-7,10-11,13H,8-9,12,14H2,1-3H3,(H,23,25,26). The first kappa shape index (κ1) is 19.0. The number of fused-ring (bicyclic) bond motifs is 1. The first-order chi connectivity index (χ1) is 14.2. The van der Waals surface area contributed by atoms with Gasteiger partial charge < -0.3 is 19.7 Å². The molecular weight excluding hydrogens is 366 g/mol. The van der Waals surface area contributed by atoms with Gasteiger partial charge in [0, 0.05) is 19.6 Å².